The number of hydrogen-bond donors (Lipinski definition) is 2. The maximum atomic E-state index is 13.0. The van der Waals surface area contributed by atoms with Crippen molar-refractivity contribution in [1.29, 1.82) is 0 Å². The van der Waals surface area contributed by atoms with Crippen LogP contribution in [0.4, 0.5) is 0 Å². The summed E-state index contributed by atoms with van der Waals surface area (Å²) in [7, 11) is 1.58. The third kappa shape index (κ3) is 5.22. The van der Waals surface area contributed by atoms with Crippen LogP contribution in [0.15, 0.2) is 0 Å². The third-order valence-corrected chi connectivity index (χ3v) is 4.26. The van der Waals surface area contributed by atoms with Crippen molar-refractivity contribution in [2.24, 2.45) is 5.41 Å². The van der Waals surface area contributed by atoms with Crippen molar-refractivity contribution < 1.29 is 14.4 Å². The highest BCUT2D eigenvalue weighted by Crippen LogP contribution is 2.26. The minimum Gasteiger partial charge on any atom is -0.357 e. The smallest absolute Gasteiger partial charge is 0.246 e. The first-order valence-corrected chi connectivity index (χ1v) is 8.53. The van der Waals surface area contributed by atoms with Crippen LogP contribution < -0.4 is 10.6 Å². The minimum absolute atomic E-state index is 0.101. The van der Waals surface area contributed by atoms with Gasteiger partial charge in [0.2, 0.25) is 17.7 Å². The van der Waals surface area contributed by atoms with Crippen LogP contribution in [0.2, 0.25) is 0 Å². The summed E-state index contributed by atoms with van der Waals surface area (Å²) in [6.07, 6.45) is 3.65. The van der Waals surface area contributed by atoms with Crippen LogP contribution in [-0.4, -0.2) is 48.3 Å². The Labute approximate surface area is 139 Å². The van der Waals surface area contributed by atoms with Crippen LogP contribution in [0.25, 0.3) is 0 Å². The van der Waals surface area contributed by atoms with Gasteiger partial charge in [-0.05, 0) is 24.7 Å². The normalized spacial score (nSPS) is 19.3. The molecule has 6 heteroatoms. The quantitative estimate of drug-likeness (QED) is 0.776. The Balaban J connectivity index is 2.87. The first kappa shape index (κ1) is 19.5. The number of nitrogens with zero attached hydrogens (tertiary/aromatic N) is 1. The second-order valence-electron chi connectivity index (χ2n) is 7.27. The van der Waals surface area contributed by atoms with Gasteiger partial charge in [0.05, 0.1) is 0 Å². The van der Waals surface area contributed by atoms with E-state index in [-0.39, 0.29) is 17.7 Å². The second-order valence-corrected chi connectivity index (χ2v) is 7.27. The van der Waals surface area contributed by atoms with Crippen LogP contribution >= 0.6 is 0 Å². The molecule has 1 fully saturated rings. The van der Waals surface area contributed by atoms with Crippen LogP contribution in [0.1, 0.15) is 59.8 Å². The van der Waals surface area contributed by atoms with Crippen molar-refractivity contribution in [2.75, 3.05) is 13.6 Å². The summed E-state index contributed by atoms with van der Waals surface area (Å²) in [5.74, 6) is -0.398. The molecule has 0 aliphatic carbocycles. The zero-order valence-corrected chi connectivity index (χ0v) is 15.1. The number of likely N-dealkylation sites (tertiary alicyclic amines) is 1. The fourth-order valence-electron chi connectivity index (χ4n) is 2.85. The lowest BCUT2D eigenvalue weighted by atomic mass is 9.85. The Bertz CT molecular complexity index is 443. The van der Waals surface area contributed by atoms with Gasteiger partial charge in [-0.15, -0.1) is 0 Å². The van der Waals surface area contributed by atoms with Crippen molar-refractivity contribution in [3.63, 3.8) is 0 Å². The lowest BCUT2D eigenvalue weighted by Crippen LogP contribution is -2.57. The molecule has 1 saturated heterocycles. The number of hydrogen-bond acceptors (Lipinski definition) is 3. The van der Waals surface area contributed by atoms with E-state index < -0.39 is 17.5 Å². The number of rotatable bonds is 6. The van der Waals surface area contributed by atoms with Crippen LogP contribution in [0.5, 0.6) is 0 Å². The maximum Gasteiger partial charge on any atom is 0.246 e. The Kier molecular flexibility index (Phi) is 7.03. The largest absolute Gasteiger partial charge is 0.357 e. The van der Waals surface area contributed by atoms with Crippen LogP contribution in [0, 0.1) is 5.41 Å². The molecule has 1 heterocycles. The molecule has 1 rings (SSSR count). The molecular formula is C17H31N3O3. The fourth-order valence-corrected chi connectivity index (χ4v) is 2.85. The predicted molar refractivity (Wildman–Crippen MR) is 89.7 cm³/mol. The molecule has 2 unspecified atom stereocenters. The van der Waals surface area contributed by atoms with Gasteiger partial charge in [0.1, 0.15) is 12.1 Å². The van der Waals surface area contributed by atoms with Crippen molar-refractivity contribution >= 4 is 17.7 Å². The molecule has 3 amide bonds. The number of likely N-dealkylation sites (N-methyl/N-ethyl adjacent to an activating group) is 1. The van der Waals surface area contributed by atoms with E-state index in [1.165, 1.54) is 0 Å². The molecule has 132 valence electrons. The van der Waals surface area contributed by atoms with E-state index in [9.17, 15) is 14.4 Å². The van der Waals surface area contributed by atoms with Gasteiger partial charge in [0.25, 0.3) is 0 Å². The highest BCUT2D eigenvalue weighted by atomic mass is 16.2. The van der Waals surface area contributed by atoms with Gasteiger partial charge in [-0.2, -0.15) is 0 Å². The number of nitrogens with one attached hydrogen (secondary N) is 2. The van der Waals surface area contributed by atoms with Crippen molar-refractivity contribution in [3.8, 4) is 0 Å². The lowest BCUT2D eigenvalue weighted by molar-refractivity contribution is -0.143. The summed E-state index contributed by atoms with van der Waals surface area (Å²) >= 11 is 0. The summed E-state index contributed by atoms with van der Waals surface area (Å²) in [5, 5.41) is 5.50. The Morgan fingerprint density at radius 1 is 1.26 bits per heavy atom. The van der Waals surface area contributed by atoms with E-state index in [1.807, 2.05) is 27.7 Å². The molecule has 2 N–H and O–H groups in total. The molecule has 0 spiro atoms. The first-order chi connectivity index (χ1) is 10.7. The molecule has 1 aliphatic heterocycles. The molecule has 0 aromatic rings. The molecule has 0 radical (unpaired) electrons. The van der Waals surface area contributed by atoms with Gasteiger partial charge in [-0.3, -0.25) is 14.4 Å². The molecule has 0 saturated carbocycles. The van der Waals surface area contributed by atoms with E-state index in [1.54, 1.807) is 11.9 Å². The maximum absolute atomic E-state index is 13.0. The lowest BCUT2D eigenvalue weighted by Gasteiger charge is -2.35. The topological polar surface area (TPSA) is 78.5 Å². The Morgan fingerprint density at radius 3 is 2.43 bits per heavy atom. The molecule has 0 aromatic heterocycles. The summed E-state index contributed by atoms with van der Waals surface area (Å²) in [6.45, 7) is 8.38. The third-order valence-electron chi connectivity index (χ3n) is 4.26. The molecule has 0 aromatic carbocycles. The van der Waals surface area contributed by atoms with E-state index in [4.69, 9.17) is 0 Å². The van der Waals surface area contributed by atoms with Gasteiger partial charge < -0.3 is 15.5 Å². The fraction of sp³-hybridized carbons (Fsp3) is 0.824. The van der Waals surface area contributed by atoms with Crippen molar-refractivity contribution in [3.05, 3.63) is 0 Å². The highest BCUT2D eigenvalue weighted by Gasteiger charge is 2.41. The van der Waals surface area contributed by atoms with Gasteiger partial charge in [0, 0.05) is 20.0 Å². The van der Waals surface area contributed by atoms with E-state index in [2.05, 4.69) is 10.6 Å². The van der Waals surface area contributed by atoms with Crippen molar-refractivity contribution in [2.45, 2.75) is 71.9 Å². The van der Waals surface area contributed by atoms with E-state index in [0.717, 1.165) is 19.3 Å². The number of amides is 3. The molecular weight excluding hydrogens is 294 g/mol. The molecule has 1 aliphatic rings. The summed E-state index contributed by atoms with van der Waals surface area (Å²) in [6, 6.07) is -1.04. The monoisotopic (exact) mass is 325 g/mol. The first-order valence-electron chi connectivity index (χ1n) is 8.53. The van der Waals surface area contributed by atoms with Gasteiger partial charge in [-0.1, -0.05) is 34.1 Å². The zero-order chi connectivity index (χ0) is 17.6. The zero-order valence-electron chi connectivity index (χ0n) is 15.1. The van der Waals surface area contributed by atoms with Crippen LogP contribution in [-0.2, 0) is 14.4 Å². The average molecular weight is 325 g/mol. The Hall–Kier alpha value is -1.59. The summed E-state index contributed by atoms with van der Waals surface area (Å²) in [5.41, 5.74) is -0.408. The molecule has 23 heavy (non-hydrogen) atoms. The number of carbonyl (C=O) groups is 3. The molecule has 6 nitrogen and oxygen atoms in total. The average Bonchev–Trinajstić information content (AvgIpc) is 2.97. The van der Waals surface area contributed by atoms with E-state index >= 15 is 0 Å². The van der Waals surface area contributed by atoms with Gasteiger partial charge in [0.15, 0.2) is 0 Å². The van der Waals surface area contributed by atoms with Gasteiger partial charge >= 0.3 is 0 Å². The predicted octanol–water partition coefficient (Wildman–Crippen LogP) is 1.44. The molecule has 2 atom stereocenters. The van der Waals surface area contributed by atoms with E-state index in [0.29, 0.717) is 19.4 Å². The number of unbranched alkanes of at least 4 members (excludes halogenated alkanes) is 1. The Morgan fingerprint density at radius 2 is 1.91 bits per heavy atom. The second kappa shape index (κ2) is 8.31. The SMILES string of the molecule is CCCCC(=O)NC(C(=O)N1CCCC1C(=O)NC)C(C)(C)C. The summed E-state index contributed by atoms with van der Waals surface area (Å²) < 4.78 is 0. The molecule has 0 bridgehead atoms. The highest BCUT2D eigenvalue weighted by molar-refractivity contribution is 5.93. The summed E-state index contributed by atoms with van der Waals surface area (Å²) in [4.78, 5) is 38.6. The number of carbonyl (C=O) groups excluding carboxylic acids is 3. The minimum atomic E-state index is -0.614. The van der Waals surface area contributed by atoms with Crippen molar-refractivity contribution in [1.82, 2.24) is 15.5 Å². The van der Waals surface area contributed by atoms with Gasteiger partial charge in [-0.25, -0.2) is 0 Å². The standard InChI is InChI=1S/C17H31N3O3/c1-6-7-10-13(21)19-14(17(2,3)4)16(23)20-11-8-9-12(20)15(22)18-5/h12,14H,6-11H2,1-5H3,(H,18,22)(H,19,21). The van der Waals surface area contributed by atoms with Crippen LogP contribution in [0.3, 0.4) is 0 Å².